The van der Waals surface area contributed by atoms with Crippen molar-refractivity contribution < 1.29 is 23.9 Å². The second kappa shape index (κ2) is 11.5. The van der Waals surface area contributed by atoms with E-state index in [0.29, 0.717) is 12.2 Å². The summed E-state index contributed by atoms with van der Waals surface area (Å²) in [5, 5.41) is 2.45. The normalized spacial score (nSPS) is 11.3. The minimum absolute atomic E-state index is 0.145. The van der Waals surface area contributed by atoms with Crippen molar-refractivity contribution in [3.05, 3.63) is 54.6 Å². The van der Waals surface area contributed by atoms with Gasteiger partial charge >= 0.3 is 6.09 Å². The van der Waals surface area contributed by atoms with E-state index in [-0.39, 0.29) is 12.5 Å². The van der Waals surface area contributed by atoms with Gasteiger partial charge in [0.1, 0.15) is 11.8 Å². The molecule has 1 unspecified atom stereocenters. The summed E-state index contributed by atoms with van der Waals surface area (Å²) in [7, 11) is 1.21. The molecule has 0 aliphatic rings. The monoisotopic (exact) mass is 413 g/mol. The Balaban J connectivity index is 1.90. The Kier molecular flexibility index (Phi) is 8.68. The van der Waals surface area contributed by atoms with Crippen LogP contribution in [0.15, 0.2) is 54.6 Å². The highest BCUT2D eigenvalue weighted by Gasteiger charge is 2.22. The van der Waals surface area contributed by atoms with Crippen molar-refractivity contribution in [2.45, 2.75) is 26.3 Å². The number of benzene rings is 2. The van der Waals surface area contributed by atoms with Gasteiger partial charge in [-0.05, 0) is 24.0 Å². The molecule has 0 aliphatic carbocycles. The van der Waals surface area contributed by atoms with Crippen LogP contribution in [0.25, 0.3) is 11.1 Å². The van der Waals surface area contributed by atoms with E-state index in [9.17, 15) is 14.4 Å². The number of nitrogens with one attached hydrogen (secondary N) is 3. The fourth-order valence-electron chi connectivity index (χ4n) is 2.75. The van der Waals surface area contributed by atoms with Gasteiger partial charge in [0.2, 0.25) is 0 Å². The third-order valence-corrected chi connectivity index (χ3v) is 4.16. The summed E-state index contributed by atoms with van der Waals surface area (Å²) >= 11 is 0. The minimum Gasteiger partial charge on any atom is -0.483 e. The maximum atomic E-state index is 12.3. The molecule has 0 fully saturated rings. The first kappa shape index (κ1) is 22.7. The van der Waals surface area contributed by atoms with Crippen LogP contribution in [-0.4, -0.2) is 37.7 Å². The fraction of sp³-hybridized carbons (Fsp3) is 0.318. The third-order valence-electron chi connectivity index (χ3n) is 4.16. The highest BCUT2D eigenvalue weighted by Crippen LogP contribution is 2.29. The molecule has 1 atom stereocenters. The molecule has 3 amide bonds. The zero-order chi connectivity index (χ0) is 21.9. The van der Waals surface area contributed by atoms with Gasteiger partial charge in [-0.15, -0.1) is 0 Å². The first-order valence-corrected chi connectivity index (χ1v) is 9.61. The lowest BCUT2D eigenvalue weighted by atomic mass is 10.0. The van der Waals surface area contributed by atoms with Crippen molar-refractivity contribution in [2.24, 2.45) is 5.92 Å². The molecule has 0 aromatic heterocycles. The molecule has 0 aliphatic heterocycles. The van der Waals surface area contributed by atoms with Gasteiger partial charge in [0.25, 0.3) is 11.8 Å². The molecule has 0 heterocycles. The largest absolute Gasteiger partial charge is 0.483 e. The first-order valence-electron chi connectivity index (χ1n) is 9.61. The van der Waals surface area contributed by atoms with E-state index in [1.165, 1.54) is 7.11 Å². The lowest BCUT2D eigenvalue weighted by Gasteiger charge is -2.19. The minimum atomic E-state index is -0.836. The number of carbonyl (C=O) groups excluding carboxylic acids is 3. The van der Waals surface area contributed by atoms with Crippen LogP contribution < -0.4 is 20.9 Å². The summed E-state index contributed by atoms with van der Waals surface area (Å²) in [6, 6.07) is 16.2. The number of hydrogen-bond donors (Lipinski definition) is 3. The molecule has 8 heteroatoms. The predicted octanol–water partition coefficient (Wildman–Crippen LogP) is 2.65. The lowest BCUT2D eigenvalue weighted by molar-refractivity contribution is -0.131. The Morgan fingerprint density at radius 2 is 1.60 bits per heavy atom. The zero-order valence-electron chi connectivity index (χ0n) is 17.3. The highest BCUT2D eigenvalue weighted by atomic mass is 16.5. The lowest BCUT2D eigenvalue weighted by Crippen LogP contribution is -2.53. The van der Waals surface area contributed by atoms with Crippen LogP contribution >= 0.6 is 0 Å². The molecule has 0 spiro atoms. The molecule has 2 rings (SSSR count). The second-order valence-corrected chi connectivity index (χ2v) is 7.01. The molecule has 30 heavy (non-hydrogen) atoms. The van der Waals surface area contributed by atoms with Gasteiger partial charge in [0, 0.05) is 5.56 Å². The Morgan fingerprint density at radius 3 is 2.27 bits per heavy atom. The van der Waals surface area contributed by atoms with Gasteiger partial charge in [-0.1, -0.05) is 62.4 Å². The number of para-hydroxylation sites is 1. The van der Waals surface area contributed by atoms with Gasteiger partial charge in [-0.25, -0.2) is 4.79 Å². The summed E-state index contributed by atoms with van der Waals surface area (Å²) < 4.78 is 10.2. The number of methoxy groups -OCH3 is 1. The van der Waals surface area contributed by atoms with Crippen LogP contribution in [0.2, 0.25) is 0 Å². The quantitative estimate of drug-likeness (QED) is 0.577. The number of alkyl carbamates (subject to hydrolysis) is 1. The molecule has 2 aromatic carbocycles. The van der Waals surface area contributed by atoms with Crippen molar-refractivity contribution >= 4 is 17.9 Å². The summed E-state index contributed by atoms with van der Waals surface area (Å²) in [5.41, 5.74) is 6.43. The third kappa shape index (κ3) is 7.12. The average Bonchev–Trinajstić information content (AvgIpc) is 2.75. The summed E-state index contributed by atoms with van der Waals surface area (Å²) in [6.45, 7) is 3.54. The predicted molar refractivity (Wildman–Crippen MR) is 112 cm³/mol. The van der Waals surface area contributed by atoms with E-state index in [0.717, 1.165) is 11.1 Å². The number of hydrazine groups is 1. The SMILES string of the molecule is COC(=O)NC(CC(C)C)C(=O)NNC(=O)COc1ccccc1-c1ccccc1. The molecular formula is C22H27N3O5. The van der Waals surface area contributed by atoms with Crippen LogP contribution in [0.4, 0.5) is 4.79 Å². The standard InChI is InChI=1S/C22H27N3O5/c1-15(2)13-18(23-22(28)29-3)21(27)25-24-20(26)14-30-19-12-8-7-11-17(19)16-9-5-4-6-10-16/h4-12,15,18H,13-14H2,1-3H3,(H,23,28)(H,24,26)(H,25,27). The van der Waals surface area contributed by atoms with Gasteiger partial charge in [0.15, 0.2) is 6.61 Å². The van der Waals surface area contributed by atoms with Gasteiger partial charge in [-0.2, -0.15) is 0 Å². The molecule has 3 N–H and O–H groups in total. The van der Waals surface area contributed by atoms with Crippen molar-refractivity contribution in [3.8, 4) is 16.9 Å². The van der Waals surface area contributed by atoms with E-state index < -0.39 is 23.9 Å². The average molecular weight is 413 g/mol. The number of rotatable bonds is 8. The molecule has 8 nitrogen and oxygen atoms in total. The Labute approximate surface area is 175 Å². The van der Waals surface area contributed by atoms with Gasteiger partial charge in [-0.3, -0.25) is 20.4 Å². The van der Waals surface area contributed by atoms with Crippen molar-refractivity contribution in [3.63, 3.8) is 0 Å². The molecule has 0 bridgehead atoms. The molecule has 0 saturated carbocycles. The topological polar surface area (TPSA) is 106 Å². The first-order chi connectivity index (χ1) is 14.4. The van der Waals surface area contributed by atoms with Gasteiger partial charge < -0.3 is 14.8 Å². The van der Waals surface area contributed by atoms with Gasteiger partial charge in [0.05, 0.1) is 7.11 Å². The number of carbonyl (C=O) groups is 3. The number of hydrogen-bond acceptors (Lipinski definition) is 5. The van der Waals surface area contributed by atoms with Crippen LogP contribution in [0, 0.1) is 5.92 Å². The van der Waals surface area contributed by atoms with E-state index in [2.05, 4.69) is 20.9 Å². The number of amides is 3. The smallest absolute Gasteiger partial charge is 0.407 e. The van der Waals surface area contributed by atoms with E-state index in [1.807, 2.05) is 62.4 Å². The molecule has 160 valence electrons. The van der Waals surface area contributed by atoms with Crippen molar-refractivity contribution in [1.29, 1.82) is 0 Å². The van der Waals surface area contributed by atoms with Crippen LogP contribution in [-0.2, 0) is 14.3 Å². The van der Waals surface area contributed by atoms with Crippen LogP contribution in [0.3, 0.4) is 0 Å². The fourth-order valence-corrected chi connectivity index (χ4v) is 2.75. The summed E-state index contributed by atoms with van der Waals surface area (Å²) in [6.07, 6.45) is -0.333. The van der Waals surface area contributed by atoms with E-state index >= 15 is 0 Å². The summed E-state index contributed by atoms with van der Waals surface area (Å²) in [5.74, 6) is -0.388. The molecular weight excluding hydrogens is 386 g/mol. The van der Waals surface area contributed by atoms with Crippen molar-refractivity contribution in [2.75, 3.05) is 13.7 Å². The second-order valence-electron chi connectivity index (χ2n) is 7.01. The van der Waals surface area contributed by atoms with Crippen molar-refractivity contribution in [1.82, 2.24) is 16.2 Å². The Bertz CT molecular complexity index is 855. The summed E-state index contributed by atoms with van der Waals surface area (Å²) in [4.78, 5) is 35.9. The van der Waals surface area contributed by atoms with Crippen LogP contribution in [0.5, 0.6) is 5.75 Å². The molecule has 0 radical (unpaired) electrons. The Morgan fingerprint density at radius 1 is 0.933 bits per heavy atom. The Hall–Kier alpha value is -3.55. The number of ether oxygens (including phenoxy) is 2. The maximum absolute atomic E-state index is 12.3. The van der Waals surface area contributed by atoms with E-state index in [4.69, 9.17) is 4.74 Å². The van der Waals surface area contributed by atoms with E-state index in [1.54, 1.807) is 6.07 Å². The highest BCUT2D eigenvalue weighted by molar-refractivity contribution is 5.88. The van der Waals surface area contributed by atoms with Crippen LogP contribution in [0.1, 0.15) is 20.3 Å². The molecule has 0 saturated heterocycles. The maximum Gasteiger partial charge on any atom is 0.407 e. The zero-order valence-corrected chi connectivity index (χ0v) is 17.3. The molecule has 2 aromatic rings.